The van der Waals surface area contributed by atoms with Crippen LogP contribution in [-0.2, 0) is 0 Å². The van der Waals surface area contributed by atoms with Crippen molar-refractivity contribution in [3.63, 3.8) is 0 Å². The van der Waals surface area contributed by atoms with E-state index in [1.165, 1.54) is 0 Å². The molecule has 0 aliphatic rings. The first-order valence-corrected chi connectivity index (χ1v) is 6.56. The number of hydrogen-bond donors (Lipinski definition) is 1. The molecule has 3 rings (SSSR count). The van der Waals surface area contributed by atoms with Gasteiger partial charge in [-0.1, -0.05) is 0 Å². The van der Waals surface area contributed by atoms with E-state index in [1.807, 2.05) is 49.4 Å². The lowest BCUT2D eigenvalue weighted by atomic mass is 10.1. The van der Waals surface area contributed by atoms with Crippen LogP contribution in [0.15, 0.2) is 54.9 Å². The molecule has 1 aromatic carbocycles. The van der Waals surface area contributed by atoms with Crippen LogP contribution >= 0.6 is 0 Å². The topological polar surface area (TPSA) is 50.8 Å². The highest BCUT2D eigenvalue weighted by atomic mass is 16.5. The van der Waals surface area contributed by atoms with Crippen molar-refractivity contribution in [2.75, 3.05) is 6.61 Å². The summed E-state index contributed by atoms with van der Waals surface area (Å²) in [5, 5.41) is 7.38. The number of H-pyrrole nitrogens is 1. The molecule has 20 heavy (non-hydrogen) atoms. The van der Waals surface area contributed by atoms with Crippen molar-refractivity contribution in [2.24, 2.45) is 0 Å². The number of rotatable bonds is 4. The van der Waals surface area contributed by atoms with Crippen molar-refractivity contribution in [2.45, 2.75) is 6.92 Å². The minimum Gasteiger partial charge on any atom is -0.494 e. The number of hydrogen-bond acceptors (Lipinski definition) is 3. The Kier molecular flexibility index (Phi) is 3.46. The van der Waals surface area contributed by atoms with Gasteiger partial charge in [0, 0.05) is 18.0 Å². The van der Waals surface area contributed by atoms with Gasteiger partial charge in [0.25, 0.3) is 0 Å². The zero-order chi connectivity index (χ0) is 13.8. The van der Waals surface area contributed by atoms with Crippen molar-refractivity contribution in [3.8, 4) is 28.3 Å². The third-order valence-electron chi connectivity index (χ3n) is 3.01. The molecule has 0 aliphatic heterocycles. The summed E-state index contributed by atoms with van der Waals surface area (Å²) in [7, 11) is 0. The third kappa shape index (κ3) is 2.54. The molecule has 0 saturated heterocycles. The van der Waals surface area contributed by atoms with Gasteiger partial charge in [-0.05, 0) is 55.0 Å². The van der Waals surface area contributed by atoms with Gasteiger partial charge in [-0.3, -0.25) is 10.1 Å². The number of nitrogens with zero attached hydrogens (tertiary/aromatic N) is 2. The van der Waals surface area contributed by atoms with E-state index in [-0.39, 0.29) is 0 Å². The van der Waals surface area contributed by atoms with Gasteiger partial charge in [-0.25, -0.2) is 0 Å². The fourth-order valence-electron chi connectivity index (χ4n) is 2.03. The lowest BCUT2D eigenvalue weighted by Crippen LogP contribution is -1.90. The maximum Gasteiger partial charge on any atom is 0.119 e. The molecule has 100 valence electrons. The summed E-state index contributed by atoms with van der Waals surface area (Å²) in [6.07, 6.45) is 3.56. The summed E-state index contributed by atoms with van der Waals surface area (Å²) in [6.45, 7) is 2.65. The molecule has 3 aromatic rings. The van der Waals surface area contributed by atoms with Crippen LogP contribution in [0.4, 0.5) is 0 Å². The smallest absolute Gasteiger partial charge is 0.119 e. The van der Waals surface area contributed by atoms with E-state index < -0.39 is 0 Å². The third-order valence-corrected chi connectivity index (χ3v) is 3.01. The molecule has 0 fully saturated rings. The summed E-state index contributed by atoms with van der Waals surface area (Å²) >= 11 is 0. The molecule has 2 heterocycles. The van der Waals surface area contributed by atoms with Gasteiger partial charge in [0.15, 0.2) is 0 Å². The zero-order valence-electron chi connectivity index (χ0n) is 11.2. The Labute approximate surface area is 117 Å². The normalized spacial score (nSPS) is 10.4. The average Bonchev–Trinajstić information content (AvgIpc) is 2.99. The maximum atomic E-state index is 5.44. The monoisotopic (exact) mass is 265 g/mol. The Morgan fingerprint density at radius 1 is 1.10 bits per heavy atom. The molecular formula is C16H15N3O. The second-order valence-corrected chi connectivity index (χ2v) is 4.37. The summed E-state index contributed by atoms with van der Waals surface area (Å²) < 4.78 is 5.44. The van der Waals surface area contributed by atoms with E-state index >= 15 is 0 Å². The van der Waals surface area contributed by atoms with Crippen LogP contribution in [0.25, 0.3) is 22.5 Å². The molecule has 0 atom stereocenters. The Morgan fingerprint density at radius 3 is 2.65 bits per heavy atom. The number of ether oxygens (including phenoxy) is 1. The van der Waals surface area contributed by atoms with Gasteiger partial charge in [0.1, 0.15) is 5.75 Å². The number of pyridine rings is 1. The first-order valence-electron chi connectivity index (χ1n) is 6.56. The van der Waals surface area contributed by atoms with Crippen LogP contribution in [0.5, 0.6) is 5.75 Å². The number of nitrogens with one attached hydrogen (secondary N) is 1. The minimum atomic E-state index is 0.675. The van der Waals surface area contributed by atoms with Crippen LogP contribution in [-0.4, -0.2) is 21.8 Å². The average molecular weight is 265 g/mol. The molecule has 0 saturated carbocycles. The van der Waals surface area contributed by atoms with Crippen molar-refractivity contribution >= 4 is 0 Å². The van der Waals surface area contributed by atoms with Crippen LogP contribution in [0.3, 0.4) is 0 Å². The fraction of sp³-hybridized carbons (Fsp3) is 0.125. The molecule has 0 unspecified atom stereocenters. The summed E-state index contributed by atoms with van der Waals surface area (Å²) in [6, 6.07) is 13.9. The second kappa shape index (κ2) is 5.57. The Balaban J connectivity index is 1.86. The predicted molar refractivity (Wildman–Crippen MR) is 78.4 cm³/mol. The molecule has 0 radical (unpaired) electrons. The van der Waals surface area contributed by atoms with E-state index in [2.05, 4.69) is 15.2 Å². The Hall–Kier alpha value is -2.62. The lowest BCUT2D eigenvalue weighted by Gasteiger charge is -2.03. The van der Waals surface area contributed by atoms with Crippen LogP contribution in [0, 0.1) is 0 Å². The molecule has 4 heteroatoms. The molecule has 0 amide bonds. The summed E-state index contributed by atoms with van der Waals surface area (Å²) in [5.41, 5.74) is 3.95. The van der Waals surface area contributed by atoms with Gasteiger partial charge < -0.3 is 4.74 Å². The minimum absolute atomic E-state index is 0.675. The first kappa shape index (κ1) is 12.4. The SMILES string of the molecule is CCOc1ccc(-c2cc(-c3cccnc3)n[nH]2)cc1. The van der Waals surface area contributed by atoms with E-state index in [0.717, 1.165) is 28.3 Å². The van der Waals surface area contributed by atoms with E-state index in [1.54, 1.807) is 12.4 Å². The molecular weight excluding hydrogens is 250 g/mol. The van der Waals surface area contributed by atoms with E-state index in [0.29, 0.717) is 6.61 Å². The lowest BCUT2D eigenvalue weighted by molar-refractivity contribution is 0.340. The second-order valence-electron chi connectivity index (χ2n) is 4.37. The number of aromatic nitrogens is 3. The number of aromatic amines is 1. The molecule has 0 spiro atoms. The quantitative estimate of drug-likeness (QED) is 0.785. The zero-order valence-corrected chi connectivity index (χ0v) is 11.2. The van der Waals surface area contributed by atoms with Gasteiger partial charge in [0.05, 0.1) is 18.0 Å². The Morgan fingerprint density at radius 2 is 1.95 bits per heavy atom. The summed E-state index contributed by atoms with van der Waals surface area (Å²) in [5.74, 6) is 0.878. The predicted octanol–water partition coefficient (Wildman–Crippen LogP) is 3.54. The van der Waals surface area contributed by atoms with E-state index in [9.17, 15) is 0 Å². The largest absolute Gasteiger partial charge is 0.494 e. The molecule has 1 N–H and O–H groups in total. The van der Waals surface area contributed by atoms with Crippen LogP contribution < -0.4 is 4.74 Å². The van der Waals surface area contributed by atoms with Crippen molar-refractivity contribution in [1.82, 2.24) is 15.2 Å². The van der Waals surface area contributed by atoms with Gasteiger partial charge in [0.2, 0.25) is 0 Å². The van der Waals surface area contributed by atoms with Crippen molar-refractivity contribution in [1.29, 1.82) is 0 Å². The highest BCUT2D eigenvalue weighted by Gasteiger charge is 2.05. The first-order chi connectivity index (χ1) is 9.86. The Bertz CT molecular complexity index is 674. The van der Waals surface area contributed by atoms with Gasteiger partial charge >= 0.3 is 0 Å². The molecule has 0 bridgehead atoms. The maximum absolute atomic E-state index is 5.44. The highest BCUT2D eigenvalue weighted by molar-refractivity contribution is 5.67. The van der Waals surface area contributed by atoms with E-state index in [4.69, 9.17) is 4.74 Å². The van der Waals surface area contributed by atoms with Gasteiger partial charge in [-0.2, -0.15) is 5.10 Å². The molecule has 0 aliphatic carbocycles. The van der Waals surface area contributed by atoms with Crippen molar-refractivity contribution < 1.29 is 4.74 Å². The van der Waals surface area contributed by atoms with Crippen LogP contribution in [0.2, 0.25) is 0 Å². The van der Waals surface area contributed by atoms with Crippen LogP contribution in [0.1, 0.15) is 6.92 Å². The number of benzene rings is 1. The highest BCUT2D eigenvalue weighted by Crippen LogP contribution is 2.24. The standard InChI is InChI=1S/C16H15N3O/c1-2-20-14-7-5-12(6-8-14)15-10-16(19-18-15)13-4-3-9-17-11-13/h3-11H,2H2,1H3,(H,18,19). The van der Waals surface area contributed by atoms with Gasteiger partial charge in [-0.15, -0.1) is 0 Å². The van der Waals surface area contributed by atoms with Crippen molar-refractivity contribution in [3.05, 3.63) is 54.9 Å². The summed E-state index contributed by atoms with van der Waals surface area (Å²) in [4.78, 5) is 4.10. The molecule has 4 nitrogen and oxygen atoms in total. The fourth-order valence-corrected chi connectivity index (χ4v) is 2.03. The molecule has 2 aromatic heterocycles.